The first-order valence-electron chi connectivity index (χ1n) is 6.89. The number of aromatic nitrogens is 1. The minimum absolute atomic E-state index is 0.0814. The molecule has 0 saturated heterocycles. The smallest absolute Gasteiger partial charge is 0.0541 e. The van der Waals surface area contributed by atoms with Gasteiger partial charge in [0, 0.05) is 34.2 Å². The maximum absolute atomic E-state index is 9.51. The van der Waals surface area contributed by atoms with E-state index in [0.717, 1.165) is 36.7 Å². The Morgan fingerprint density at radius 2 is 2.05 bits per heavy atom. The summed E-state index contributed by atoms with van der Waals surface area (Å²) in [5.74, 6) is 0. The van der Waals surface area contributed by atoms with Gasteiger partial charge in [0.25, 0.3) is 0 Å². The van der Waals surface area contributed by atoms with Gasteiger partial charge in [-0.2, -0.15) is 0 Å². The van der Waals surface area contributed by atoms with Gasteiger partial charge in [-0.1, -0.05) is 15.9 Å². The van der Waals surface area contributed by atoms with Crippen molar-refractivity contribution in [1.82, 2.24) is 10.3 Å². The summed E-state index contributed by atoms with van der Waals surface area (Å²) in [5, 5.41) is 14.4. The maximum Gasteiger partial charge on any atom is 0.0541 e. The number of H-pyrrole nitrogens is 1. The molecule has 0 radical (unpaired) electrons. The van der Waals surface area contributed by atoms with E-state index in [1.165, 1.54) is 16.5 Å². The van der Waals surface area contributed by atoms with E-state index in [4.69, 9.17) is 0 Å². The van der Waals surface area contributed by atoms with Gasteiger partial charge in [-0.25, -0.2) is 0 Å². The second-order valence-electron chi connectivity index (χ2n) is 5.39. The molecule has 0 bridgehead atoms. The van der Waals surface area contributed by atoms with Gasteiger partial charge in [0.15, 0.2) is 0 Å². The van der Waals surface area contributed by atoms with Crippen LogP contribution in [0.2, 0.25) is 0 Å². The zero-order chi connectivity index (χ0) is 13.2. The number of halogens is 1. The molecule has 3 rings (SSSR count). The number of rotatable bonds is 3. The Morgan fingerprint density at radius 1 is 1.26 bits per heavy atom. The zero-order valence-corrected chi connectivity index (χ0v) is 12.4. The highest BCUT2D eigenvalue weighted by Crippen LogP contribution is 2.24. The second-order valence-corrected chi connectivity index (χ2v) is 6.31. The van der Waals surface area contributed by atoms with Crippen LogP contribution < -0.4 is 5.32 Å². The van der Waals surface area contributed by atoms with Gasteiger partial charge in [-0.3, -0.25) is 0 Å². The molecule has 0 unspecified atom stereocenters. The highest BCUT2D eigenvalue weighted by Gasteiger charge is 2.18. The lowest BCUT2D eigenvalue weighted by Gasteiger charge is -2.26. The summed E-state index contributed by atoms with van der Waals surface area (Å²) in [5.41, 5.74) is 2.49. The van der Waals surface area contributed by atoms with Crippen molar-refractivity contribution in [3.05, 3.63) is 34.4 Å². The predicted octanol–water partition coefficient (Wildman–Crippen LogP) is 3.32. The van der Waals surface area contributed by atoms with Crippen molar-refractivity contribution in [3.8, 4) is 0 Å². The van der Waals surface area contributed by atoms with Crippen molar-refractivity contribution in [2.24, 2.45) is 0 Å². The van der Waals surface area contributed by atoms with Crippen molar-refractivity contribution in [3.63, 3.8) is 0 Å². The monoisotopic (exact) mass is 322 g/mol. The number of hydrogen-bond acceptors (Lipinski definition) is 2. The number of aromatic amines is 1. The minimum Gasteiger partial charge on any atom is -0.393 e. The molecule has 1 aromatic heterocycles. The minimum atomic E-state index is -0.0814. The normalized spacial score (nSPS) is 23.9. The summed E-state index contributed by atoms with van der Waals surface area (Å²) >= 11 is 3.52. The van der Waals surface area contributed by atoms with Crippen molar-refractivity contribution >= 4 is 26.8 Å². The lowest BCUT2D eigenvalue weighted by atomic mass is 9.93. The fourth-order valence-electron chi connectivity index (χ4n) is 2.83. The van der Waals surface area contributed by atoms with E-state index >= 15 is 0 Å². The molecular weight excluding hydrogens is 304 g/mol. The van der Waals surface area contributed by atoms with Gasteiger partial charge in [0.1, 0.15) is 0 Å². The first-order chi connectivity index (χ1) is 9.22. The summed E-state index contributed by atoms with van der Waals surface area (Å²) < 4.78 is 1.11. The molecule has 3 nitrogen and oxygen atoms in total. The Labute approximate surface area is 121 Å². The standard InChI is InChI=1S/C15H19BrN2O/c16-11-1-6-15-14(7-11)10(9-18-15)8-17-12-2-4-13(19)5-3-12/h1,6-7,9,12-13,17-19H,2-5,8H2. The van der Waals surface area contributed by atoms with Crippen LogP contribution in [0, 0.1) is 0 Å². The molecule has 4 heteroatoms. The fourth-order valence-corrected chi connectivity index (χ4v) is 3.19. The molecule has 3 N–H and O–H groups in total. The van der Waals surface area contributed by atoms with Crippen LogP contribution in [0.3, 0.4) is 0 Å². The van der Waals surface area contributed by atoms with Crippen LogP contribution in [-0.4, -0.2) is 22.2 Å². The summed E-state index contributed by atoms with van der Waals surface area (Å²) in [6.45, 7) is 0.886. The van der Waals surface area contributed by atoms with Gasteiger partial charge in [-0.15, -0.1) is 0 Å². The highest BCUT2D eigenvalue weighted by atomic mass is 79.9. The molecule has 19 heavy (non-hydrogen) atoms. The average Bonchev–Trinajstić information content (AvgIpc) is 2.80. The molecular formula is C15H19BrN2O. The second kappa shape index (κ2) is 5.65. The lowest BCUT2D eigenvalue weighted by Crippen LogP contribution is -2.34. The molecule has 1 heterocycles. The number of aliphatic hydroxyl groups excluding tert-OH is 1. The van der Waals surface area contributed by atoms with E-state index < -0.39 is 0 Å². The molecule has 1 aromatic carbocycles. The molecule has 2 aromatic rings. The van der Waals surface area contributed by atoms with Gasteiger partial charge >= 0.3 is 0 Å². The molecule has 0 amide bonds. The molecule has 1 aliphatic carbocycles. The van der Waals surface area contributed by atoms with Gasteiger partial charge in [0.2, 0.25) is 0 Å². The first-order valence-corrected chi connectivity index (χ1v) is 7.68. The van der Waals surface area contributed by atoms with Crippen molar-refractivity contribution < 1.29 is 5.11 Å². The third kappa shape index (κ3) is 3.02. The topological polar surface area (TPSA) is 48.0 Å². The summed E-state index contributed by atoms with van der Waals surface area (Å²) in [4.78, 5) is 3.31. The maximum atomic E-state index is 9.51. The van der Waals surface area contributed by atoms with Gasteiger partial charge < -0.3 is 15.4 Å². The lowest BCUT2D eigenvalue weighted by molar-refractivity contribution is 0.116. The molecule has 0 spiro atoms. The molecule has 0 aliphatic heterocycles. The van der Waals surface area contributed by atoms with Crippen molar-refractivity contribution in [2.45, 2.75) is 44.4 Å². The number of hydrogen-bond donors (Lipinski definition) is 3. The molecule has 1 fully saturated rings. The van der Waals surface area contributed by atoms with Crippen LogP contribution in [-0.2, 0) is 6.54 Å². The zero-order valence-electron chi connectivity index (χ0n) is 10.8. The summed E-state index contributed by atoms with van der Waals surface area (Å²) in [6.07, 6.45) is 6.01. The summed E-state index contributed by atoms with van der Waals surface area (Å²) in [7, 11) is 0. The SMILES string of the molecule is OC1CCC(NCc2c[nH]c3ccc(Br)cc23)CC1. The molecule has 0 atom stereocenters. The van der Waals surface area contributed by atoms with Crippen LogP contribution in [0.25, 0.3) is 10.9 Å². The first kappa shape index (κ1) is 13.2. The Morgan fingerprint density at radius 3 is 2.84 bits per heavy atom. The van der Waals surface area contributed by atoms with E-state index in [9.17, 15) is 5.11 Å². The van der Waals surface area contributed by atoms with E-state index in [1.807, 2.05) is 0 Å². The van der Waals surface area contributed by atoms with Crippen molar-refractivity contribution in [1.29, 1.82) is 0 Å². The Balaban J connectivity index is 1.67. The van der Waals surface area contributed by atoms with Crippen LogP contribution in [0.1, 0.15) is 31.2 Å². The third-order valence-corrected chi connectivity index (χ3v) is 4.50. The number of nitrogens with one attached hydrogen (secondary N) is 2. The van der Waals surface area contributed by atoms with E-state index in [2.05, 4.69) is 50.6 Å². The van der Waals surface area contributed by atoms with Crippen LogP contribution in [0.4, 0.5) is 0 Å². The Bertz CT molecular complexity index is 558. The average molecular weight is 323 g/mol. The molecule has 1 saturated carbocycles. The van der Waals surface area contributed by atoms with Gasteiger partial charge in [-0.05, 0) is 49.4 Å². The third-order valence-electron chi connectivity index (χ3n) is 4.01. The van der Waals surface area contributed by atoms with E-state index in [-0.39, 0.29) is 6.10 Å². The van der Waals surface area contributed by atoms with E-state index in [0.29, 0.717) is 6.04 Å². The Kier molecular flexibility index (Phi) is 3.91. The number of benzene rings is 1. The van der Waals surface area contributed by atoms with E-state index in [1.54, 1.807) is 0 Å². The molecule has 102 valence electrons. The Hall–Kier alpha value is -0.840. The predicted molar refractivity (Wildman–Crippen MR) is 81.1 cm³/mol. The van der Waals surface area contributed by atoms with Crippen LogP contribution in [0.15, 0.2) is 28.9 Å². The fraction of sp³-hybridized carbons (Fsp3) is 0.467. The number of fused-ring (bicyclic) bond motifs is 1. The van der Waals surface area contributed by atoms with Crippen molar-refractivity contribution in [2.75, 3.05) is 0 Å². The van der Waals surface area contributed by atoms with Gasteiger partial charge in [0.05, 0.1) is 6.10 Å². The summed E-state index contributed by atoms with van der Waals surface area (Å²) in [6, 6.07) is 6.85. The number of aliphatic hydroxyl groups is 1. The highest BCUT2D eigenvalue weighted by molar-refractivity contribution is 9.10. The molecule has 1 aliphatic rings. The quantitative estimate of drug-likeness (QED) is 0.811. The largest absolute Gasteiger partial charge is 0.393 e. The van der Waals surface area contributed by atoms with Crippen LogP contribution in [0.5, 0.6) is 0 Å². The van der Waals surface area contributed by atoms with Crippen LogP contribution >= 0.6 is 15.9 Å².